The van der Waals surface area contributed by atoms with Crippen molar-refractivity contribution in [2.24, 2.45) is 0 Å². The quantitative estimate of drug-likeness (QED) is 0.472. The van der Waals surface area contributed by atoms with E-state index in [1.165, 1.54) is 6.92 Å². The third kappa shape index (κ3) is 5.69. The SMILES string of the molecule is C[C@H](OC(=O)CCCN1C(=O)CNC1=O)C(=O)Nc1ccc(N2CCOCC2)cc1. The maximum atomic E-state index is 12.3. The Bertz CT molecular complexity index is 775. The summed E-state index contributed by atoms with van der Waals surface area (Å²) in [6.45, 7) is 4.66. The molecule has 0 radical (unpaired) electrons. The average Bonchev–Trinajstić information content (AvgIpc) is 3.07. The van der Waals surface area contributed by atoms with Crippen LogP contribution < -0.4 is 15.5 Å². The zero-order valence-corrected chi connectivity index (χ0v) is 16.9. The van der Waals surface area contributed by atoms with Crippen LogP contribution in [0.4, 0.5) is 16.2 Å². The number of benzene rings is 1. The molecule has 0 spiro atoms. The number of carbonyl (C=O) groups is 4. The number of esters is 1. The molecule has 2 aliphatic heterocycles. The molecule has 0 saturated carbocycles. The number of nitrogens with zero attached hydrogens (tertiary/aromatic N) is 2. The molecule has 2 heterocycles. The number of imide groups is 1. The molecule has 2 aliphatic rings. The minimum atomic E-state index is -0.965. The summed E-state index contributed by atoms with van der Waals surface area (Å²) in [4.78, 5) is 50.4. The van der Waals surface area contributed by atoms with E-state index in [0.717, 1.165) is 23.7 Å². The number of carbonyl (C=O) groups excluding carboxylic acids is 4. The van der Waals surface area contributed by atoms with Crippen LogP contribution in [0.5, 0.6) is 0 Å². The lowest BCUT2D eigenvalue weighted by Gasteiger charge is -2.28. The smallest absolute Gasteiger partial charge is 0.324 e. The van der Waals surface area contributed by atoms with Gasteiger partial charge in [-0.25, -0.2) is 4.79 Å². The summed E-state index contributed by atoms with van der Waals surface area (Å²) >= 11 is 0. The molecule has 2 fully saturated rings. The number of morpholine rings is 1. The van der Waals surface area contributed by atoms with Crippen molar-refractivity contribution in [2.75, 3.05) is 49.6 Å². The predicted molar refractivity (Wildman–Crippen MR) is 108 cm³/mol. The van der Waals surface area contributed by atoms with Crippen LogP contribution in [-0.4, -0.2) is 74.2 Å². The molecular weight excluding hydrogens is 392 g/mol. The van der Waals surface area contributed by atoms with Crippen molar-refractivity contribution in [2.45, 2.75) is 25.9 Å². The fourth-order valence-corrected chi connectivity index (χ4v) is 3.19. The molecule has 0 unspecified atom stereocenters. The van der Waals surface area contributed by atoms with Gasteiger partial charge >= 0.3 is 12.0 Å². The van der Waals surface area contributed by atoms with Crippen molar-refractivity contribution in [3.8, 4) is 0 Å². The normalized spacial score (nSPS) is 17.5. The summed E-state index contributed by atoms with van der Waals surface area (Å²) in [6.07, 6.45) is -0.689. The topological polar surface area (TPSA) is 117 Å². The van der Waals surface area contributed by atoms with E-state index in [4.69, 9.17) is 9.47 Å². The molecule has 162 valence electrons. The lowest BCUT2D eigenvalue weighted by atomic mass is 10.2. The first kappa shape index (κ1) is 21.6. The number of amides is 4. The van der Waals surface area contributed by atoms with E-state index in [9.17, 15) is 19.2 Å². The van der Waals surface area contributed by atoms with E-state index in [1.54, 1.807) is 12.1 Å². The van der Waals surface area contributed by atoms with Crippen LogP contribution in [0.1, 0.15) is 19.8 Å². The summed E-state index contributed by atoms with van der Waals surface area (Å²) in [7, 11) is 0. The summed E-state index contributed by atoms with van der Waals surface area (Å²) in [5.74, 6) is -1.32. The van der Waals surface area contributed by atoms with Gasteiger partial charge in [0.1, 0.15) is 0 Å². The Morgan fingerprint density at radius 3 is 2.53 bits per heavy atom. The highest BCUT2D eigenvalue weighted by Crippen LogP contribution is 2.19. The summed E-state index contributed by atoms with van der Waals surface area (Å²) in [5, 5.41) is 5.13. The van der Waals surface area contributed by atoms with Crippen LogP contribution in [0.25, 0.3) is 0 Å². The Morgan fingerprint density at radius 2 is 1.90 bits per heavy atom. The van der Waals surface area contributed by atoms with Crippen molar-refractivity contribution in [1.82, 2.24) is 10.2 Å². The van der Waals surface area contributed by atoms with Crippen molar-refractivity contribution in [3.63, 3.8) is 0 Å². The van der Waals surface area contributed by atoms with Gasteiger partial charge in [0.2, 0.25) is 5.91 Å². The molecule has 1 aromatic carbocycles. The molecule has 4 amide bonds. The summed E-state index contributed by atoms with van der Waals surface area (Å²) in [6, 6.07) is 6.99. The molecule has 0 aliphatic carbocycles. The van der Waals surface area contributed by atoms with Gasteiger partial charge in [0.25, 0.3) is 5.91 Å². The van der Waals surface area contributed by atoms with Gasteiger partial charge < -0.3 is 25.0 Å². The Labute approximate surface area is 174 Å². The van der Waals surface area contributed by atoms with Crippen LogP contribution in [0.2, 0.25) is 0 Å². The number of hydrogen-bond acceptors (Lipinski definition) is 7. The highest BCUT2D eigenvalue weighted by Gasteiger charge is 2.28. The van der Waals surface area contributed by atoms with Crippen molar-refractivity contribution in [3.05, 3.63) is 24.3 Å². The van der Waals surface area contributed by atoms with Gasteiger partial charge in [-0.05, 0) is 37.6 Å². The van der Waals surface area contributed by atoms with Gasteiger partial charge in [0.15, 0.2) is 6.10 Å². The maximum absolute atomic E-state index is 12.3. The molecule has 10 nitrogen and oxygen atoms in total. The second-order valence-electron chi connectivity index (χ2n) is 7.08. The monoisotopic (exact) mass is 418 g/mol. The summed E-state index contributed by atoms with van der Waals surface area (Å²) in [5.41, 5.74) is 1.67. The third-order valence-electron chi connectivity index (χ3n) is 4.89. The fraction of sp³-hybridized carbons (Fsp3) is 0.500. The Kier molecular flexibility index (Phi) is 7.23. The van der Waals surface area contributed by atoms with Gasteiger partial charge in [-0.1, -0.05) is 0 Å². The second-order valence-corrected chi connectivity index (χ2v) is 7.08. The maximum Gasteiger partial charge on any atom is 0.324 e. The first-order valence-corrected chi connectivity index (χ1v) is 9.95. The molecule has 3 rings (SSSR count). The molecule has 2 saturated heterocycles. The first-order chi connectivity index (χ1) is 14.4. The van der Waals surface area contributed by atoms with E-state index >= 15 is 0 Å². The van der Waals surface area contributed by atoms with Crippen molar-refractivity contribution >= 4 is 35.2 Å². The molecule has 1 atom stereocenters. The zero-order valence-electron chi connectivity index (χ0n) is 16.9. The Hall–Kier alpha value is -3.14. The van der Waals surface area contributed by atoms with Crippen LogP contribution in [0.3, 0.4) is 0 Å². The fourth-order valence-electron chi connectivity index (χ4n) is 3.19. The average molecular weight is 418 g/mol. The number of urea groups is 1. The molecule has 30 heavy (non-hydrogen) atoms. The molecule has 0 aromatic heterocycles. The van der Waals surface area contributed by atoms with E-state index in [1.807, 2.05) is 12.1 Å². The molecule has 0 bridgehead atoms. The highest BCUT2D eigenvalue weighted by atomic mass is 16.5. The first-order valence-electron chi connectivity index (χ1n) is 9.95. The number of rotatable bonds is 8. The Balaban J connectivity index is 1.39. The van der Waals surface area contributed by atoms with Gasteiger partial charge in [-0.3, -0.25) is 19.3 Å². The standard InChI is InChI=1S/C20H26N4O6/c1-14(30-18(26)3-2-8-24-17(25)13-21-20(24)28)19(27)22-15-4-6-16(7-5-15)23-9-11-29-12-10-23/h4-7,14H,2-3,8-13H2,1H3,(H,21,28)(H,22,27)/t14-/m0/s1. The van der Waals surface area contributed by atoms with E-state index in [2.05, 4.69) is 15.5 Å². The third-order valence-corrected chi connectivity index (χ3v) is 4.89. The molecule has 10 heteroatoms. The van der Waals surface area contributed by atoms with Gasteiger partial charge in [0, 0.05) is 37.4 Å². The van der Waals surface area contributed by atoms with Crippen LogP contribution in [-0.2, 0) is 23.9 Å². The zero-order chi connectivity index (χ0) is 21.5. The predicted octanol–water partition coefficient (Wildman–Crippen LogP) is 0.725. The van der Waals surface area contributed by atoms with Crippen molar-refractivity contribution < 1.29 is 28.7 Å². The number of nitrogens with one attached hydrogen (secondary N) is 2. The van der Waals surface area contributed by atoms with Crippen LogP contribution >= 0.6 is 0 Å². The Morgan fingerprint density at radius 1 is 1.20 bits per heavy atom. The van der Waals surface area contributed by atoms with Crippen molar-refractivity contribution in [1.29, 1.82) is 0 Å². The molecular formula is C20H26N4O6. The van der Waals surface area contributed by atoms with Gasteiger partial charge in [0.05, 0.1) is 19.8 Å². The van der Waals surface area contributed by atoms with Crippen LogP contribution in [0.15, 0.2) is 24.3 Å². The van der Waals surface area contributed by atoms with Gasteiger partial charge in [-0.15, -0.1) is 0 Å². The molecule has 1 aromatic rings. The summed E-state index contributed by atoms with van der Waals surface area (Å²) < 4.78 is 10.5. The van der Waals surface area contributed by atoms with Crippen LogP contribution in [0, 0.1) is 0 Å². The largest absolute Gasteiger partial charge is 0.453 e. The molecule has 2 N–H and O–H groups in total. The van der Waals surface area contributed by atoms with Gasteiger partial charge in [-0.2, -0.15) is 0 Å². The van der Waals surface area contributed by atoms with E-state index in [-0.39, 0.29) is 31.8 Å². The van der Waals surface area contributed by atoms with E-state index < -0.39 is 24.0 Å². The number of anilines is 2. The van der Waals surface area contributed by atoms with E-state index in [0.29, 0.717) is 18.9 Å². The second kappa shape index (κ2) is 10.1. The number of hydrogen-bond donors (Lipinski definition) is 2. The lowest BCUT2D eigenvalue weighted by molar-refractivity contribution is -0.153. The number of ether oxygens (including phenoxy) is 2. The minimum absolute atomic E-state index is 0.00290. The minimum Gasteiger partial charge on any atom is -0.453 e. The lowest BCUT2D eigenvalue weighted by Crippen LogP contribution is -2.36. The highest BCUT2D eigenvalue weighted by molar-refractivity contribution is 6.02.